The highest BCUT2D eigenvalue weighted by Crippen LogP contribution is 2.65. The van der Waals surface area contributed by atoms with Gasteiger partial charge >= 0.3 is 0 Å². The van der Waals surface area contributed by atoms with Crippen molar-refractivity contribution in [2.24, 2.45) is 23.2 Å². The Balaban J connectivity index is 1.65. The summed E-state index contributed by atoms with van der Waals surface area (Å²) in [6.45, 7) is 1.98. The van der Waals surface area contributed by atoms with E-state index in [4.69, 9.17) is 0 Å². The molecule has 0 heterocycles. The van der Waals surface area contributed by atoms with Crippen LogP contribution in [0.4, 0.5) is 4.39 Å². The summed E-state index contributed by atoms with van der Waals surface area (Å²) in [7, 11) is 0. The number of hydrogen-bond donors (Lipinski definition) is 2. The Labute approximate surface area is 172 Å². The second kappa shape index (κ2) is 7.12. The molecular weight excluding hydrogens is 363 g/mol. The average molecular weight is 395 g/mol. The lowest BCUT2D eigenvalue weighted by Gasteiger charge is -2.53. The number of alkyl halides is 1. The molecule has 5 rings (SSSR count). The summed E-state index contributed by atoms with van der Waals surface area (Å²) in [5.74, 6) is 1.87. The number of rotatable bonds is 3. The number of halogens is 1. The second-order valence-electron chi connectivity index (χ2n) is 9.92. The van der Waals surface area contributed by atoms with Gasteiger partial charge in [0, 0.05) is 0 Å². The molecule has 0 radical (unpaired) electrons. The van der Waals surface area contributed by atoms with Gasteiger partial charge in [-0.1, -0.05) is 43.3 Å². The molecule has 154 valence electrons. The van der Waals surface area contributed by atoms with Gasteiger partial charge in [0.2, 0.25) is 0 Å². The van der Waals surface area contributed by atoms with Crippen LogP contribution in [0.3, 0.4) is 0 Å². The topological polar surface area (TPSA) is 40.5 Å². The predicted molar refractivity (Wildman–Crippen MR) is 113 cm³/mol. The van der Waals surface area contributed by atoms with E-state index in [-0.39, 0.29) is 18.0 Å². The van der Waals surface area contributed by atoms with Crippen LogP contribution < -0.4 is 0 Å². The lowest BCUT2D eigenvalue weighted by Crippen LogP contribution is -2.45. The summed E-state index contributed by atoms with van der Waals surface area (Å²) in [6, 6.07) is 16.6. The van der Waals surface area contributed by atoms with Crippen LogP contribution in [0.15, 0.2) is 48.5 Å². The van der Waals surface area contributed by atoms with E-state index in [1.807, 2.05) is 12.1 Å². The van der Waals surface area contributed by atoms with Gasteiger partial charge in [-0.2, -0.15) is 0 Å². The van der Waals surface area contributed by atoms with Crippen molar-refractivity contribution in [1.82, 2.24) is 0 Å². The zero-order valence-corrected chi connectivity index (χ0v) is 17.1. The molecule has 2 nitrogen and oxygen atoms in total. The fraction of sp³-hybridized carbons (Fsp3) is 0.538. The molecule has 2 aromatic rings. The first kappa shape index (κ1) is 19.1. The Kier molecular flexibility index (Phi) is 4.70. The Hall–Kier alpha value is -1.87. The number of benzene rings is 2. The van der Waals surface area contributed by atoms with Crippen LogP contribution in [0.25, 0.3) is 0 Å². The zero-order chi connectivity index (χ0) is 20.2. The van der Waals surface area contributed by atoms with Crippen molar-refractivity contribution in [3.63, 3.8) is 0 Å². The highest BCUT2D eigenvalue weighted by molar-refractivity contribution is 5.43. The fourth-order valence-corrected chi connectivity index (χ4v) is 7.40. The van der Waals surface area contributed by atoms with Crippen LogP contribution in [-0.2, 0) is 6.42 Å². The number of aromatic hydroxyl groups is 1. The number of fused-ring (bicyclic) bond motifs is 5. The third kappa shape index (κ3) is 3.01. The molecule has 0 amide bonds. The first-order valence-corrected chi connectivity index (χ1v) is 11.1. The number of aliphatic hydroxyl groups excluding tert-OH is 1. The van der Waals surface area contributed by atoms with Crippen molar-refractivity contribution in [2.45, 2.75) is 57.0 Å². The smallest absolute Gasteiger partial charge is 0.115 e. The van der Waals surface area contributed by atoms with E-state index in [1.54, 1.807) is 0 Å². The zero-order valence-electron chi connectivity index (χ0n) is 17.1. The SMILES string of the molecule is C[C@]12CC[C@@H]3c4ccc(O)cc4C[C@@H](c4ccccc4)[C@H]3[C@@H]1[C@@H](CCF)[C@H](O)C2. The Morgan fingerprint density at radius 1 is 1.10 bits per heavy atom. The maximum atomic E-state index is 13.5. The van der Waals surface area contributed by atoms with E-state index in [9.17, 15) is 14.6 Å². The molecule has 0 aromatic heterocycles. The van der Waals surface area contributed by atoms with E-state index in [0.717, 1.165) is 25.7 Å². The van der Waals surface area contributed by atoms with Crippen LogP contribution in [0.5, 0.6) is 5.75 Å². The van der Waals surface area contributed by atoms with E-state index in [2.05, 4.69) is 43.3 Å². The van der Waals surface area contributed by atoms with Crippen LogP contribution in [-0.4, -0.2) is 23.0 Å². The second-order valence-corrected chi connectivity index (χ2v) is 9.92. The molecule has 29 heavy (non-hydrogen) atoms. The van der Waals surface area contributed by atoms with Crippen molar-refractivity contribution >= 4 is 0 Å². The van der Waals surface area contributed by atoms with Gasteiger partial charge in [-0.05, 0) is 95.9 Å². The molecule has 7 atom stereocenters. The lowest BCUT2D eigenvalue weighted by atomic mass is 9.50. The van der Waals surface area contributed by atoms with Gasteiger partial charge in [-0.3, -0.25) is 4.39 Å². The molecule has 2 fully saturated rings. The third-order valence-electron chi connectivity index (χ3n) is 8.44. The normalized spacial score (nSPS) is 38.2. The number of phenols is 1. The quantitative estimate of drug-likeness (QED) is 0.712. The van der Waals surface area contributed by atoms with Gasteiger partial charge in [0.1, 0.15) is 5.75 Å². The molecule has 0 aliphatic heterocycles. The molecule has 0 spiro atoms. The largest absolute Gasteiger partial charge is 0.508 e. The minimum absolute atomic E-state index is 0.0441. The monoisotopic (exact) mass is 394 g/mol. The van der Waals surface area contributed by atoms with Crippen molar-refractivity contribution in [3.05, 3.63) is 65.2 Å². The van der Waals surface area contributed by atoms with Crippen LogP contribution in [0.1, 0.15) is 61.1 Å². The van der Waals surface area contributed by atoms with Gasteiger partial charge in [0.25, 0.3) is 0 Å². The van der Waals surface area contributed by atoms with Crippen molar-refractivity contribution in [1.29, 1.82) is 0 Å². The third-order valence-corrected chi connectivity index (χ3v) is 8.44. The highest BCUT2D eigenvalue weighted by Gasteiger charge is 2.59. The molecule has 3 heteroatoms. The van der Waals surface area contributed by atoms with Crippen molar-refractivity contribution in [2.75, 3.05) is 6.67 Å². The van der Waals surface area contributed by atoms with E-state index < -0.39 is 6.10 Å². The number of hydrogen-bond acceptors (Lipinski definition) is 2. The Morgan fingerprint density at radius 3 is 2.66 bits per heavy atom. The van der Waals surface area contributed by atoms with Gasteiger partial charge in [0.15, 0.2) is 0 Å². The van der Waals surface area contributed by atoms with Crippen LogP contribution >= 0.6 is 0 Å². The van der Waals surface area contributed by atoms with Crippen molar-refractivity contribution < 1.29 is 14.6 Å². The first-order valence-electron chi connectivity index (χ1n) is 11.1. The molecule has 3 aliphatic carbocycles. The van der Waals surface area contributed by atoms with E-state index in [0.29, 0.717) is 35.8 Å². The summed E-state index contributed by atoms with van der Waals surface area (Å²) in [5.41, 5.74) is 4.04. The average Bonchev–Trinajstić information content (AvgIpc) is 2.97. The number of aliphatic hydroxyl groups is 1. The fourth-order valence-electron chi connectivity index (χ4n) is 7.40. The summed E-state index contributed by atoms with van der Waals surface area (Å²) >= 11 is 0. The number of phenolic OH excluding ortho intramolecular Hbond substituents is 1. The van der Waals surface area contributed by atoms with Crippen molar-refractivity contribution in [3.8, 4) is 5.75 Å². The van der Waals surface area contributed by atoms with E-state index in [1.165, 1.54) is 16.7 Å². The summed E-state index contributed by atoms with van der Waals surface area (Å²) in [6.07, 6.45) is 3.97. The minimum atomic E-state index is -0.392. The lowest BCUT2D eigenvalue weighted by molar-refractivity contribution is 0.0132. The molecule has 0 bridgehead atoms. The summed E-state index contributed by atoms with van der Waals surface area (Å²) in [5, 5.41) is 21.0. The molecular formula is C26H31FO2. The summed E-state index contributed by atoms with van der Waals surface area (Å²) < 4.78 is 13.5. The maximum Gasteiger partial charge on any atom is 0.115 e. The standard InChI is InChI=1S/C26H31FO2/c1-26-11-9-20-19-8-7-18(28)13-17(19)14-22(16-5-3-2-4-6-16)24(20)25(26)21(10-12-27)23(29)15-26/h2-8,13,20-25,28-29H,9-12,14-15H2,1H3/t20-,21+,22+,23-,24+,25+,26-/m1/s1. The molecule has 3 aliphatic rings. The maximum absolute atomic E-state index is 13.5. The molecule has 2 saturated carbocycles. The van der Waals surface area contributed by atoms with E-state index >= 15 is 0 Å². The molecule has 2 aromatic carbocycles. The Bertz CT molecular complexity index is 882. The van der Waals surface area contributed by atoms with Crippen LogP contribution in [0.2, 0.25) is 0 Å². The predicted octanol–water partition coefficient (Wildman–Crippen LogP) is 5.59. The molecule has 0 saturated heterocycles. The van der Waals surface area contributed by atoms with Gasteiger partial charge in [-0.25, -0.2) is 0 Å². The van der Waals surface area contributed by atoms with Crippen LogP contribution in [0, 0.1) is 23.2 Å². The molecule has 2 N–H and O–H groups in total. The van der Waals surface area contributed by atoms with Gasteiger partial charge in [0.05, 0.1) is 12.8 Å². The first-order chi connectivity index (χ1) is 14.0. The minimum Gasteiger partial charge on any atom is -0.508 e. The molecule has 0 unspecified atom stereocenters. The Morgan fingerprint density at radius 2 is 1.90 bits per heavy atom. The van der Waals surface area contributed by atoms with Gasteiger partial charge < -0.3 is 10.2 Å². The van der Waals surface area contributed by atoms with Gasteiger partial charge in [-0.15, -0.1) is 0 Å². The highest BCUT2D eigenvalue weighted by atomic mass is 19.1. The summed E-state index contributed by atoms with van der Waals surface area (Å²) in [4.78, 5) is 0.